The molecule has 1 aromatic heterocycles. The molecule has 0 unspecified atom stereocenters. The first-order chi connectivity index (χ1) is 7.54. The number of nitrogen functional groups attached to an aromatic ring is 1. The molecule has 0 radical (unpaired) electrons. The third-order valence-corrected chi connectivity index (χ3v) is 2.55. The van der Waals surface area contributed by atoms with Gasteiger partial charge < -0.3 is 5.73 Å². The highest BCUT2D eigenvalue weighted by atomic mass is 79.9. The Morgan fingerprint density at radius 2 is 1.94 bits per heavy atom. The van der Waals surface area contributed by atoms with Gasteiger partial charge in [0.2, 0.25) is 11.2 Å². The van der Waals surface area contributed by atoms with Crippen LogP contribution >= 0.6 is 27.5 Å². The molecule has 6 heteroatoms. The van der Waals surface area contributed by atoms with Crippen LogP contribution in [0.3, 0.4) is 0 Å². The largest absolute Gasteiger partial charge is 0.368 e. The quantitative estimate of drug-likeness (QED) is 0.879. The van der Waals surface area contributed by atoms with E-state index in [1.165, 1.54) is 0 Å². The summed E-state index contributed by atoms with van der Waals surface area (Å²) >= 11 is 9.14. The summed E-state index contributed by atoms with van der Waals surface area (Å²) in [5.74, 6) is 0.592. The van der Waals surface area contributed by atoms with Crippen LogP contribution < -0.4 is 5.73 Å². The van der Waals surface area contributed by atoms with Gasteiger partial charge in [-0.2, -0.15) is 15.0 Å². The highest BCUT2D eigenvalue weighted by Gasteiger charge is 2.06. The van der Waals surface area contributed by atoms with Crippen molar-refractivity contribution in [1.82, 2.24) is 15.0 Å². The van der Waals surface area contributed by atoms with Gasteiger partial charge in [0.25, 0.3) is 0 Å². The first-order valence-electron chi connectivity index (χ1n) is 4.49. The van der Waals surface area contributed by atoms with Crippen LogP contribution in [0.15, 0.2) is 22.7 Å². The molecule has 0 fully saturated rings. The number of nitrogens with zero attached hydrogens (tertiary/aromatic N) is 3. The molecule has 2 rings (SSSR count). The predicted octanol–water partition coefficient (Wildman–Crippen LogP) is 2.85. The minimum absolute atomic E-state index is 0.0973. The Labute approximate surface area is 106 Å². The summed E-state index contributed by atoms with van der Waals surface area (Å²) in [5.41, 5.74) is 7.46. The first-order valence-corrected chi connectivity index (χ1v) is 5.66. The van der Waals surface area contributed by atoms with Crippen LogP contribution in [-0.4, -0.2) is 15.0 Å². The summed E-state index contributed by atoms with van der Waals surface area (Å²) in [6.07, 6.45) is 0. The van der Waals surface area contributed by atoms with Gasteiger partial charge in [0.1, 0.15) is 0 Å². The van der Waals surface area contributed by atoms with E-state index in [0.717, 1.165) is 15.6 Å². The molecule has 4 nitrogen and oxygen atoms in total. The average molecular weight is 300 g/mol. The van der Waals surface area contributed by atoms with E-state index >= 15 is 0 Å². The molecule has 1 aromatic carbocycles. The summed E-state index contributed by atoms with van der Waals surface area (Å²) in [5, 5.41) is 0.0973. The zero-order valence-corrected chi connectivity index (χ0v) is 10.7. The van der Waals surface area contributed by atoms with Gasteiger partial charge in [0.05, 0.1) is 0 Å². The molecular formula is C10H8BrClN4. The molecule has 16 heavy (non-hydrogen) atoms. The third kappa shape index (κ3) is 2.48. The lowest BCUT2D eigenvalue weighted by molar-refractivity contribution is 1.07. The Hall–Kier alpha value is -1.20. The maximum absolute atomic E-state index is 5.73. The number of benzene rings is 1. The summed E-state index contributed by atoms with van der Waals surface area (Å²) in [6.45, 7) is 1.99. The predicted molar refractivity (Wildman–Crippen MR) is 67.1 cm³/mol. The number of nitrogens with two attached hydrogens (primary N) is 1. The van der Waals surface area contributed by atoms with Gasteiger partial charge in [-0.25, -0.2) is 0 Å². The lowest BCUT2D eigenvalue weighted by Crippen LogP contribution is -2.00. The minimum Gasteiger partial charge on any atom is -0.368 e. The molecule has 0 saturated carbocycles. The summed E-state index contributed by atoms with van der Waals surface area (Å²) in [4.78, 5) is 11.8. The number of hydrogen-bond acceptors (Lipinski definition) is 4. The van der Waals surface area contributed by atoms with Gasteiger partial charge in [-0.15, -0.1) is 0 Å². The van der Waals surface area contributed by atoms with Crippen molar-refractivity contribution in [2.45, 2.75) is 6.92 Å². The standard InChI is InChI=1S/C10H8BrClN4/c1-5-2-6(4-7(11)3-5)8-14-9(12)16-10(13)15-8/h2-4H,1H3,(H2,13,14,15,16). The second kappa shape index (κ2) is 4.35. The van der Waals surface area contributed by atoms with E-state index < -0.39 is 0 Å². The maximum atomic E-state index is 5.73. The zero-order chi connectivity index (χ0) is 11.7. The van der Waals surface area contributed by atoms with Crippen LogP contribution in [0.25, 0.3) is 11.4 Å². The topological polar surface area (TPSA) is 64.7 Å². The minimum atomic E-state index is 0.0973. The number of halogens is 2. The normalized spacial score (nSPS) is 10.4. The molecule has 0 atom stereocenters. The van der Waals surface area contributed by atoms with E-state index in [-0.39, 0.29) is 11.2 Å². The third-order valence-electron chi connectivity index (χ3n) is 1.93. The molecule has 0 amide bonds. The summed E-state index contributed by atoms with van der Waals surface area (Å²) in [7, 11) is 0. The van der Waals surface area contributed by atoms with Crippen LogP contribution in [0.1, 0.15) is 5.56 Å². The van der Waals surface area contributed by atoms with E-state index in [9.17, 15) is 0 Å². The molecule has 0 bridgehead atoms. The van der Waals surface area contributed by atoms with Gasteiger partial charge in [0, 0.05) is 10.0 Å². The van der Waals surface area contributed by atoms with Crippen LogP contribution in [0.2, 0.25) is 5.28 Å². The molecule has 1 heterocycles. The Morgan fingerprint density at radius 1 is 1.19 bits per heavy atom. The Balaban J connectivity index is 2.57. The Kier molecular flexibility index (Phi) is 3.07. The fraction of sp³-hybridized carbons (Fsp3) is 0.100. The molecular weight excluding hydrogens is 291 g/mol. The van der Waals surface area contributed by atoms with Crippen LogP contribution in [0.4, 0.5) is 5.95 Å². The highest BCUT2D eigenvalue weighted by Crippen LogP contribution is 2.23. The lowest BCUT2D eigenvalue weighted by Gasteiger charge is -2.03. The number of anilines is 1. The molecule has 2 aromatic rings. The van der Waals surface area contributed by atoms with Crippen LogP contribution in [-0.2, 0) is 0 Å². The van der Waals surface area contributed by atoms with Crippen molar-refractivity contribution in [3.8, 4) is 11.4 Å². The van der Waals surface area contributed by atoms with Gasteiger partial charge in [0.15, 0.2) is 5.82 Å². The molecule has 0 saturated heterocycles. The Morgan fingerprint density at radius 3 is 2.56 bits per heavy atom. The fourth-order valence-electron chi connectivity index (χ4n) is 1.36. The molecule has 0 spiro atoms. The van der Waals surface area contributed by atoms with Gasteiger partial charge >= 0.3 is 0 Å². The van der Waals surface area contributed by atoms with Crippen molar-refractivity contribution in [1.29, 1.82) is 0 Å². The highest BCUT2D eigenvalue weighted by molar-refractivity contribution is 9.10. The van der Waals surface area contributed by atoms with E-state index in [1.54, 1.807) is 0 Å². The SMILES string of the molecule is Cc1cc(Br)cc(-c2nc(N)nc(Cl)n2)c1. The van der Waals surface area contributed by atoms with Crippen molar-refractivity contribution in [2.75, 3.05) is 5.73 Å². The van der Waals surface area contributed by atoms with Crippen molar-refractivity contribution in [3.63, 3.8) is 0 Å². The molecule has 0 aliphatic heterocycles. The van der Waals surface area contributed by atoms with Crippen LogP contribution in [0, 0.1) is 6.92 Å². The van der Waals surface area contributed by atoms with E-state index in [2.05, 4.69) is 30.9 Å². The van der Waals surface area contributed by atoms with E-state index in [1.807, 2.05) is 25.1 Å². The second-order valence-electron chi connectivity index (χ2n) is 3.30. The lowest BCUT2D eigenvalue weighted by atomic mass is 10.1. The van der Waals surface area contributed by atoms with E-state index in [4.69, 9.17) is 17.3 Å². The van der Waals surface area contributed by atoms with E-state index in [0.29, 0.717) is 5.82 Å². The van der Waals surface area contributed by atoms with Crippen LogP contribution in [0.5, 0.6) is 0 Å². The van der Waals surface area contributed by atoms with Crippen molar-refractivity contribution >= 4 is 33.5 Å². The molecule has 82 valence electrons. The number of rotatable bonds is 1. The van der Waals surface area contributed by atoms with Gasteiger partial charge in [-0.3, -0.25) is 0 Å². The van der Waals surface area contributed by atoms with Crippen molar-refractivity contribution in [3.05, 3.63) is 33.5 Å². The number of aryl methyl sites for hydroxylation is 1. The molecule has 0 aliphatic rings. The first kappa shape index (κ1) is 11.3. The maximum Gasteiger partial charge on any atom is 0.227 e. The monoisotopic (exact) mass is 298 g/mol. The second-order valence-corrected chi connectivity index (χ2v) is 4.56. The van der Waals surface area contributed by atoms with Crippen molar-refractivity contribution < 1.29 is 0 Å². The van der Waals surface area contributed by atoms with Gasteiger partial charge in [-0.05, 0) is 42.3 Å². The number of aromatic nitrogens is 3. The summed E-state index contributed by atoms with van der Waals surface area (Å²) in [6, 6.07) is 5.85. The Bertz CT molecular complexity index is 454. The molecule has 0 aliphatic carbocycles. The fourth-order valence-corrected chi connectivity index (χ4v) is 2.13. The molecule has 2 N–H and O–H groups in total. The average Bonchev–Trinajstić information content (AvgIpc) is 2.14. The smallest absolute Gasteiger partial charge is 0.227 e. The summed E-state index contributed by atoms with van der Waals surface area (Å²) < 4.78 is 0.956. The van der Waals surface area contributed by atoms with Gasteiger partial charge in [-0.1, -0.05) is 15.9 Å². The zero-order valence-electron chi connectivity index (χ0n) is 8.41. The van der Waals surface area contributed by atoms with Crippen molar-refractivity contribution in [2.24, 2.45) is 0 Å². The number of hydrogen-bond donors (Lipinski definition) is 1.